The van der Waals surface area contributed by atoms with Crippen molar-refractivity contribution in [2.24, 2.45) is 0 Å². The van der Waals surface area contributed by atoms with E-state index in [-0.39, 0.29) is 5.02 Å². The monoisotopic (exact) mass is 382 g/mol. The summed E-state index contributed by atoms with van der Waals surface area (Å²) in [5.41, 5.74) is 4.90. The molecule has 132 valence electrons. The van der Waals surface area contributed by atoms with Crippen molar-refractivity contribution in [2.75, 3.05) is 7.11 Å². The van der Waals surface area contributed by atoms with Gasteiger partial charge in [-0.15, -0.1) is 0 Å². The van der Waals surface area contributed by atoms with Gasteiger partial charge in [-0.3, -0.25) is 20.4 Å². The van der Waals surface area contributed by atoms with E-state index in [2.05, 4.69) is 10.9 Å². The third kappa shape index (κ3) is 5.01. The van der Waals surface area contributed by atoms with Crippen molar-refractivity contribution in [3.63, 3.8) is 0 Å². The van der Waals surface area contributed by atoms with E-state index in [1.807, 2.05) is 0 Å². The van der Waals surface area contributed by atoms with Crippen molar-refractivity contribution in [1.82, 2.24) is 10.9 Å². The van der Waals surface area contributed by atoms with E-state index in [4.69, 9.17) is 32.7 Å². The molecule has 0 radical (unpaired) electrons. The number of halogens is 2. The predicted octanol–water partition coefficient (Wildman–Crippen LogP) is 3.23. The van der Waals surface area contributed by atoms with Crippen molar-refractivity contribution in [3.05, 3.63) is 58.1 Å². The molecular weight excluding hydrogens is 367 g/mol. The van der Waals surface area contributed by atoms with Crippen LogP contribution in [0, 0.1) is 0 Å². The van der Waals surface area contributed by atoms with Gasteiger partial charge in [-0.1, -0.05) is 35.3 Å². The average molecular weight is 383 g/mol. The molecule has 6 nitrogen and oxygen atoms in total. The first-order valence-corrected chi connectivity index (χ1v) is 8.03. The van der Waals surface area contributed by atoms with E-state index in [1.165, 1.54) is 20.1 Å². The Morgan fingerprint density at radius 2 is 1.76 bits per heavy atom. The number of ether oxygens (including phenoxy) is 2. The fourth-order valence-electron chi connectivity index (χ4n) is 1.93. The summed E-state index contributed by atoms with van der Waals surface area (Å²) in [6, 6.07) is 11.3. The number of benzene rings is 2. The summed E-state index contributed by atoms with van der Waals surface area (Å²) in [6.07, 6.45) is -0.892. The molecule has 0 bridgehead atoms. The van der Waals surface area contributed by atoms with Gasteiger partial charge in [0, 0.05) is 5.02 Å². The van der Waals surface area contributed by atoms with Gasteiger partial charge >= 0.3 is 0 Å². The molecule has 1 atom stereocenters. The minimum absolute atomic E-state index is 0.283. The molecule has 0 aliphatic carbocycles. The van der Waals surface area contributed by atoms with Gasteiger partial charge in [-0.2, -0.15) is 0 Å². The normalized spacial score (nSPS) is 11.4. The standard InChI is InChI=1S/C17H16Cl2N2O4/c1-10(25-15-8-7-11(18)9-13(15)19)16(22)20-21-17(23)12-5-3-4-6-14(12)24-2/h3-10H,1-2H3,(H,20,22)(H,21,23)/t10-/m1/s1. The molecule has 0 heterocycles. The predicted molar refractivity (Wildman–Crippen MR) is 95.2 cm³/mol. The van der Waals surface area contributed by atoms with Gasteiger partial charge in [0.05, 0.1) is 17.7 Å². The van der Waals surface area contributed by atoms with Gasteiger partial charge < -0.3 is 9.47 Å². The molecule has 0 saturated heterocycles. The van der Waals surface area contributed by atoms with Crippen molar-refractivity contribution >= 4 is 35.0 Å². The van der Waals surface area contributed by atoms with Crippen LogP contribution in [0.5, 0.6) is 11.5 Å². The Kier molecular flexibility index (Phi) is 6.50. The van der Waals surface area contributed by atoms with E-state index in [0.29, 0.717) is 22.1 Å². The Balaban J connectivity index is 1.94. The van der Waals surface area contributed by atoms with E-state index < -0.39 is 17.9 Å². The summed E-state index contributed by atoms with van der Waals surface area (Å²) in [7, 11) is 1.45. The smallest absolute Gasteiger partial charge is 0.279 e. The van der Waals surface area contributed by atoms with Gasteiger partial charge in [0.2, 0.25) is 0 Å². The highest BCUT2D eigenvalue weighted by molar-refractivity contribution is 6.35. The lowest BCUT2D eigenvalue weighted by molar-refractivity contribution is -0.128. The maximum atomic E-state index is 12.1. The maximum Gasteiger partial charge on any atom is 0.279 e. The van der Waals surface area contributed by atoms with Crippen LogP contribution in [0.25, 0.3) is 0 Å². The van der Waals surface area contributed by atoms with Gasteiger partial charge in [0.15, 0.2) is 6.10 Å². The number of amides is 2. The summed E-state index contributed by atoms with van der Waals surface area (Å²) < 4.78 is 10.6. The first-order valence-electron chi connectivity index (χ1n) is 7.27. The van der Waals surface area contributed by atoms with E-state index in [0.717, 1.165) is 0 Å². The molecule has 0 saturated carbocycles. The minimum atomic E-state index is -0.892. The minimum Gasteiger partial charge on any atom is -0.496 e. The third-order valence-corrected chi connectivity index (χ3v) is 3.75. The Morgan fingerprint density at radius 3 is 2.44 bits per heavy atom. The first kappa shape index (κ1) is 18.9. The van der Waals surface area contributed by atoms with Crippen LogP contribution in [0.3, 0.4) is 0 Å². The fraction of sp³-hybridized carbons (Fsp3) is 0.176. The van der Waals surface area contributed by atoms with Crippen LogP contribution in [-0.2, 0) is 4.79 Å². The maximum absolute atomic E-state index is 12.1. The Hall–Kier alpha value is -2.44. The molecule has 0 aromatic heterocycles. The highest BCUT2D eigenvalue weighted by Crippen LogP contribution is 2.28. The highest BCUT2D eigenvalue weighted by atomic mass is 35.5. The number of hydrogen-bond acceptors (Lipinski definition) is 4. The molecule has 2 amide bonds. The topological polar surface area (TPSA) is 76.7 Å². The number of carbonyl (C=O) groups excluding carboxylic acids is 2. The second kappa shape index (κ2) is 8.60. The number of methoxy groups -OCH3 is 1. The zero-order valence-corrected chi connectivity index (χ0v) is 15.0. The van der Waals surface area contributed by atoms with Crippen LogP contribution < -0.4 is 20.3 Å². The summed E-state index contributed by atoms with van der Waals surface area (Å²) in [5.74, 6) is -0.354. The Bertz CT molecular complexity index is 783. The first-order chi connectivity index (χ1) is 11.9. The second-order valence-corrected chi connectivity index (χ2v) is 5.82. The van der Waals surface area contributed by atoms with Crippen LogP contribution in [0.2, 0.25) is 10.0 Å². The molecule has 0 aliphatic heterocycles. The lowest BCUT2D eigenvalue weighted by Crippen LogP contribution is -2.47. The molecule has 2 aromatic carbocycles. The fourth-order valence-corrected chi connectivity index (χ4v) is 2.39. The van der Waals surface area contributed by atoms with Gasteiger partial charge in [0.1, 0.15) is 11.5 Å². The highest BCUT2D eigenvalue weighted by Gasteiger charge is 2.18. The molecule has 0 aliphatic rings. The molecule has 2 N–H and O–H groups in total. The molecule has 25 heavy (non-hydrogen) atoms. The summed E-state index contributed by atoms with van der Waals surface area (Å²) in [6.45, 7) is 1.52. The van der Waals surface area contributed by atoms with Gasteiger partial charge in [-0.05, 0) is 37.3 Å². The second-order valence-electron chi connectivity index (χ2n) is 4.98. The lowest BCUT2D eigenvalue weighted by Gasteiger charge is -2.16. The molecule has 0 spiro atoms. The SMILES string of the molecule is COc1ccccc1C(=O)NNC(=O)[C@@H](C)Oc1ccc(Cl)cc1Cl. The average Bonchev–Trinajstić information content (AvgIpc) is 2.61. The molecule has 0 fully saturated rings. The zero-order chi connectivity index (χ0) is 18.4. The molecule has 2 rings (SSSR count). The van der Waals surface area contributed by atoms with Crippen LogP contribution >= 0.6 is 23.2 Å². The number of nitrogens with one attached hydrogen (secondary N) is 2. The molecule has 8 heteroatoms. The third-order valence-electron chi connectivity index (χ3n) is 3.22. The lowest BCUT2D eigenvalue weighted by atomic mass is 10.2. The van der Waals surface area contributed by atoms with E-state index >= 15 is 0 Å². The molecular formula is C17H16Cl2N2O4. The summed E-state index contributed by atoms with van der Waals surface area (Å²) in [5, 5.41) is 0.740. The van der Waals surface area contributed by atoms with Crippen LogP contribution in [0.15, 0.2) is 42.5 Å². The van der Waals surface area contributed by atoms with Crippen molar-refractivity contribution in [1.29, 1.82) is 0 Å². The van der Waals surface area contributed by atoms with Gasteiger partial charge in [0.25, 0.3) is 11.8 Å². The van der Waals surface area contributed by atoms with Crippen LogP contribution in [0.4, 0.5) is 0 Å². The number of rotatable bonds is 5. The number of hydrogen-bond donors (Lipinski definition) is 2. The van der Waals surface area contributed by atoms with Crippen molar-refractivity contribution in [2.45, 2.75) is 13.0 Å². The number of para-hydroxylation sites is 1. The summed E-state index contributed by atoms with van der Waals surface area (Å²) >= 11 is 11.8. The Labute approximate surface area is 155 Å². The van der Waals surface area contributed by atoms with E-state index in [1.54, 1.807) is 36.4 Å². The van der Waals surface area contributed by atoms with Crippen molar-refractivity contribution in [3.8, 4) is 11.5 Å². The van der Waals surface area contributed by atoms with Gasteiger partial charge in [-0.25, -0.2) is 0 Å². The van der Waals surface area contributed by atoms with E-state index in [9.17, 15) is 9.59 Å². The number of hydrazine groups is 1. The Morgan fingerprint density at radius 1 is 1.04 bits per heavy atom. The number of carbonyl (C=O) groups is 2. The largest absolute Gasteiger partial charge is 0.496 e. The molecule has 0 unspecified atom stereocenters. The quantitative estimate of drug-likeness (QED) is 0.778. The van der Waals surface area contributed by atoms with Crippen LogP contribution in [-0.4, -0.2) is 25.0 Å². The van der Waals surface area contributed by atoms with Crippen molar-refractivity contribution < 1.29 is 19.1 Å². The summed E-state index contributed by atoms with van der Waals surface area (Å²) in [4.78, 5) is 24.2. The van der Waals surface area contributed by atoms with Crippen LogP contribution in [0.1, 0.15) is 17.3 Å². The zero-order valence-electron chi connectivity index (χ0n) is 13.5. The molecule has 2 aromatic rings.